The number of carbonyl (C=O) groups is 3. The van der Waals surface area contributed by atoms with Gasteiger partial charge in [0.05, 0.1) is 6.61 Å². The molecule has 0 aromatic heterocycles. The van der Waals surface area contributed by atoms with Gasteiger partial charge in [-0.3, -0.25) is 9.59 Å². The predicted molar refractivity (Wildman–Crippen MR) is 167 cm³/mol. The SMILES string of the molecule is CC(C)(C)OC(=O)NC(Cc1ccc(O)cc1)C(=O)N(CCO)C(C(=O)Nc1ccc2ccccc2c1)c1ccc(O)cc1. The number of alkyl carbamates (subject to hydrolysis) is 1. The standard InChI is InChI=1S/C34H37N3O7/c1-34(2,3)44-33(43)36-29(20-22-8-14-27(39)15-9-22)32(42)37(18-19-38)30(24-11-16-28(40)17-12-24)31(41)35-26-13-10-23-6-4-5-7-25(23)21-26/h4-17,21,29-30,38-40H,18-20H2,1-3H3,(H,35,41)(H,36,43). The second-order valence-corrected chi connectivity index (χ2v) is 11.4. The van der Waals surface area contributed by atoms with E-state index >= 15 is 0 Å². The Bertz CT molecular complexity index is 1600. The fraction of sp³-hybridized carbons (Fsp3) is 0.265. The first-order valence-corrected chi connectivity index (χ1v) is 14.2. The van der Waals surface area contributed by atoms with Crippen molar-refractivity contribution < 1.29 is 34.4 Å². The number of benzene rings is 4. The van der Waals surface area contributed by atoms with Crippen LogP contribution in [0.1, 0.15) is 37.9 Å². The molecule has 5 N–H and O–H groups in total. The molecule has 0 bridgehead atoms. The highest BCUT2D eigenvalue weighted by Gasteiger charge is 2.36. The number of ether oxygens (including phenoxy) is 1. The van der Waals surface area contributed by atoms with Crippen LogP contribution in [0.4, 0.5) is 10.5 Å². The molecule has 2 unspecified atom stereocenters. The predicted octanol–water partition coefficient (Wildman–Crippen LogP) is 4.89. The van der Waals surface area contributed by atoms with Gasteiger partial charge in [0.1, 0.15) is 29.2 Å². The van der Waals surface area contributed by atoms with Crippen molar-refractivity contribution in [3.8, 4) is 11.5 Å². The molecule has 10 nitrogen and oxygen atoms in total. The van der Waals surface area contributed by atoms with Crippen LogP contribution in [-0.4, -0.2) is 62.9 Å². The van der Waals surface area contributed by atoms with Crippen molar-refractivity contribution >= 4 is 34.4 Å². The number of nitrogens with zero attached hydrogens (tertiary/aromatic N) is 1. The molecule has 44 heavy (non-hydrogen) atoms. The van der Waals surface area contributed by atoms with E-state index in [1.165, 1.54) is 41.3 Å². The van der Waals surface area contributed by atoms with E-state index in [0.29, 0.717) is 16.8 Å². The fourth-order valence-electron chi connectivity index (χ4n) is 4.80. The van der Waals surface area contributed by atoms with Crippen LogP contribution in [0, 0.1) is 0 Å². The minimum absolute atomic E-state index is 0.00881. The maximum absolute atomic E-state index is 14.3. The molecule has 0 aliphatic rings. The third-order valence-corrected chi connectivity index (χ3v) is 6.78. The number of carbonyl (C=O) groups excluding carboxylic acids is 3. The minimum Gasteiger partial charge on any atom is -0.508 e. The summed E-state index contributed by atoms with van der Waals surface area (Å²) in [7, 11) is 0. The van der Waals surface area contributed by atoms with Gasteiger partial charge in [0, 0.05) is 18.7 Å². The van der Waals surface area contributed by atoms with Gasteiger partial charge >= 0.3 is 6.09 Å². The van der Waals surface area contributed by atoms with Gasteiger partial charge in [-0.25, -0.2) is 4.79 Å². The molecule has 0 spiro atoms. The van der Waals surface area contributed by atoms with Gasteiger partial charge in [0.25, 0.3) is 5.91 Å². The van der Waals surface area contributed by atoms with E-state index < -0.39 is 42.2 Å². The highest BCUT2D eigenvalue weighted by molar-refractivity contribution is 6.00. The molecule has 0 fully saturated rings. The molecular weight excluding hydrogens is 562 g/mol. The molecule has 4 rings (SSSR count). The molecule has 3 amide bonds. The van der Waals surface area contributed by atoms with E-state index in [4.69, 9.17) is 4.74 Å². The highest BCUT2D eigenvalue weighted by atomic mass is 16.6. The molecular formula is C34H37N3O7. The molecule has 0 aliphatic carbocycles. The Hall–Kier alpha value is -5.09. The number of hydrogen-bond donors (Lipinski definition) is 5. The van der Waals surface area contributed by atoms with Gasteiger partial charge in [0.2, 0.25) is 5.91 Å². The zero-order valence-corrected chi connectivity index (χ0v) is 24.9. The number of aliphatic hydroxyl groups excluding tert-OH is 1. The number of hydrogen-bond acceptors (Lipinski definition) is 7. The number of anilines is 1. The summed E-state index contributed by atoms with van der Waals surface area (Å²) in [6, 6.07) is 22.7. The number of phenolic OH excluding ortho intramolecular Hbond substituents is 2. The molecule has 2 atom stereocenters. The van der Waals surface area contributed by atoms with Gasteiger partial charge in [-0.1, -0.05) is 54.6 Å². The molecule has 4 aromatic carbocycles. The summed E-state index contributed by atoms with van der Waals surface area (Å²) in [5.41, 5.74) is 0.669. The average molecular weight is 600 g/mol. The lowest BCUT2D eigenvalue weighted by molar-refractivity contribution is -0.141. The number of nitrogens with one attached hydrogen (secondary N) is 2. The summed E-state index contributed by atoms with van der Waals surface area (Å²) < 4.78 is 5.42. The number of aromatic hydroxyl groups is 2. The van der Waals surface area contributed by atoms with Crippen molar-refractivity contribution in [1.82, 2.24) is 10.2 Å². The number of fused-ring (bicyclic) bond motifs is 1. The van der Waals surface area contributed by atoms with Crippen LogP contribution in [0.2, 0.25) is 0 Å². The molecule has 0 saturated carbocycles. The monoisotopic (exact) mass is 599 g/mol. The van der Waals surface area contributed by atoms with E-state index in [-0.39, 0.29) is 24.5 Å². The van der Waals surface area contributed by atoms with E-state index in [9.17, 15) is 29.7 Å². The summed E-state index contributed by atoms with van der Waals surface area (Å²) in [6.07, 6.45) is -0.824. The quantitative estimate of drug-likeness (QED) is 0.174. The van der Waals surface area contributed by atoms with Gasteiger partial charge in [-0.15, -0.1) is 0 Å². The highest BCUT2D eigenvalue weighted by Crippen LogP contribution is 2.27. The smallest absolute Gasteiger partial charge is 0.408 e. The van der Waals surface area contributed by atoms with Crippen LogP contribution >= 0.6 is 0 Å². The number of phenols is 2. The Morgan fingerprint density at radius 2 is 1.45 bits per heavy atom. The maximum Gasteiger partial charge on any atom is 0.408 e. The summed E-state index contributed by atoms with van der Waals surface area (Å²) in [4.78, 5) is 42.3. The van der Waals surface area contributed by atoms with Gasteiger partial charge < -0.3 is 35.6 Å². The van der Waals surface area contributed by atoms with Crippen LogP contribution < -0.4 is 10.6 Å². The second kappa shape index (κ2) is 13.9. The number of rotatable bonds is 10. The lowest BCUT2D eigenvalue weighted by atomic mass is 10.00. The van der Waals surface area contributed by atoms with Gasteiger partial charge in [-0.2, -0.15) is 0 Å². The molecule has 4 aromatic rings. The third-order valence-electron chi connectivity index (χ3n) is 6.78. The first-order valence-electron chi connectivity index (χ1n) is 14.2. The van der Waals surface area contributed by atoms with Gasteiger partial charge in [-0.05, 0) is 79.1 Å². The Balaban J connectivity index is 1.72. The van der Waals surface area contributed by atoms with Crippen LogP contribution in [0.25, 0.3) is 10.8 Å². The zero-order valence-electron chi connectivity index (χ0n) is 24.9. The van der Waals surface area contributed by atoms with Gasteiger partial charge in [0.15, 0.2) is 0 Å². The zero-order chi connectivity index (χ0) is 31.9. The van der Waals surface area contributed by atoms with E-state index in [1.54, 1.807) is 39.0 Å². The minimum atomic E-state index is -1.25. The summed E-state index contributed by atoms with van der Waals surface area (Å²) in [5.74, 6) is -1.20. The summed E-state index contributed by atoms with van der Waals surface area (Å²) >= 11 is 0. The van der Waals surface area contributed by atoms with Crippen molar-refractivity contribution in [3.63, 3.8) is 0 Å². The van der Waals surface area contributed by atoms with Crippen molar-refractivity contribution in [1.29, 1.82) is 0 Å². The van der Waals surface area contributed by atoms with Crippen molar-refractivity contribution in [3.05, 3.63) is 102 Å². The molecule has 230 valence electrons. The molecule has 10 heteroatoms. The van der Waals surface area contributed by atoms with Crippen LogP contribution in [0.5, 0.6) is 11.5 Å². The Morgan fingerprint density at radius 3 is 2.07 bits per heavy atom. The molecule has 0 saturated heterocycles. The van der Waals surface area contributed by atoms with Crippen molar-refractivity contribution in [2.45, 2.75) is 44.9 Å². The topological polar surface area (TPSA) is 148 Å². The van der Waals surface area contributed by atoms with Crippen molar-refractivity contribution in [2.24, 2.45) is 0 Å². The average Bonchev–Trinajstić information content (AvgIpc) is 2.97. The Labute approximate surface area is 255 Å². The summed E-state index contributed by atoms with van der Waals surface area (Å²) in [6.45, 7) is 4.37. The molecule has 0 aliphatic heterocycles. The molecule has 0 radical (unpaired) electrons. The second-order valence-electron chi connectivity index (χ2n) is 11.4. The van der Waals surface area contributed by atoms with E-state index in [1.807, 2.05) is 36.4 Å². The van der Waals surface area contributed by atoms with Crippen LogP contribution in [0.3, 0.4) is 0 Å². The van der Waals surface area contributed by atoms with E-state index in [0.717, 1.165) is 10.8 Å². The van der Waals surface area contributed by atoms with Crippen LogP contribution in [-0.2, 0) is 20.7 Å². The maximum atomic E-state index is 14.3. The number of aliphatic hydroxyl groups is 1. The lowest BCUT2D eigenvalue weighted by Gasteiger charge is -2.34. The lowest BCUT2D eigenvalue weighted by Crippen LogP contribution is -2.53. The Morgan fingerprint density at radius 1 is 0.841 bits per heavy atom. The largest absolute Gasteiger partial charge is 0.508 e. The first-order chi connectivity index (χ1) is 20.9. The number of amides is 3. The normalized spacial score (nSPS) is 12.6. The molecule has 0 heterocycles. The van der Waals surface area contributed by atoms with E-state index in [2.05, 4.69) is 10.6 Å². The summed E-state index contributed by atoms with van der Waals surface area (Å²) in [5, 5.41) is 37.1. The van der Waals surface area contributed by atoms with Crippen molar-refractivity contribution in [2.75, 3.05) is 18.5 Å². The fourth-order valence-corrected chi connectivity index (χ4v) is 4.80. The first kappa shape index (κ1) is 31.8. The Kier molecular flexibility index (Phi) is 10.1. The van der Waals surface area contributed by atoms with Crippen LogP contribution in [0.15, 0.2) is 91.0 Å². The third kappa shape index (κ3) is 8.48.